The summed E-state index contributed by atoms with van der Waals surface area (Å²) >= 11 is 5.14. The first kappa shape index (κ1) is 14.5. The minimum atomic E-state index is 0.415. The van der Waals surface area contributed by atoms with Gasteiger partial charge in [0, 0.05) is 17.8 Å². The van der Waals surface area contributed by atoms with Crippen molar-refractivity contribution < 1.29 is 0 Å². The van der Waals surface area contributed by atoms with Gasteiger partial charge in [0.1, 0.15) is 5.82 Å². The molecule has 0 saturated heterocycles. The summed E-state index contributed by atoms with van der Waals surface area (Å²) in [6, 6.07) is 4.08. The second-order valence-corrected chi connectivity index (χ2v) is 7.15. The molecule has 0 radical (unpaired) electrons. The van der Waals surface area contributed by atoms with E-state index in [1.165, 1.54) is 5.56 Å². The molecule has 2 aromatic heterocycles. The molecule has 0 bridgehead atoms. The Balaban J connectivity index is 2.53. The maximum atomic E-state index is 4.70. The fraction of sp³-hybridized carbons (Fsp3) is 0.429. The molecule has 5 heteroatoms. The van der Waals surface area contributed by atoms with Crippen LogP contribution in [-0.4, -0.2) is 16.5 Å². The molecular formula is C14H18BrN3S. The number of aromatic nitrogens is 2. The quantitative estimate of drug-likeness (QED) is 0.866. The van der Waals surface area contributed by atoms with Gasteiger partial charge in [0.25, 0.3) is 0 Å². The number of rotatable bonds is 4. The predicted molar refractivity (Wildman–Crippen MR) is 86.0 cm³/mol. The Kier molecular flexibility index (Phi) is 4.58. The standard InChI is InChI=1S/C14H18BrN3S/c1-5-16-14-12(8(2)3)9(4)17-13(18-14)10-6-7-11(15)19-10/h6-8H,5H2,1-4H3,(H,16,17,18). The average Bonchev–Trinajstić information content (AvgIpc) is 2.75. The van der Waals surface area contributed by atoms with E-state index in [1.54, 1.807) is 11.3 Å². The van der Waals surface area contributed by atoms with Crippen molar-refractivity contribution in [3.63, 3.8) is 0 Å². The lowest BCUT2D eigenvalue weighted by Crippen LogP contribution is -2.09. The fourth-order valence-corrected chi connectivity index (χ4v) is 3.44. The molecule has 0 fully saturated rings. The zero-order valence-electron chi connectivity index (χ0n) is 11.6. The molecule has 0 aliphatic carbocycles. The summed E-state index contributed by atoms with van der Waals surface area (Å²) in [4.78, 5) is 10.4. The van der Waals surface area contributed by atoms with Crippen LogP contribution in [0.2, 0.25) is 0 Å². The zero-order valence-corrected chi connectivity index (χ0v) is 14.0. The van der Waals surface area contributed by atoms with Crippen LogP contribution in [0.4, 0.5) is 5.82 Å². The molecule has 1 N–H and O–H groups in total. The van der Waals surface area contributed by atoms with Gasteiger partial charge in [-0.1, -0.05) is 13.8 Å². The fourth-order valence-electron chi connectivity index (χ4n) is 2.12. The number of nitrogens with zero attached hydrogens (tertiary/aromatic N) is 2. The molecule has 0 unspecified atom stereocenters. The number of thiophene rings is 1. The van der Waals surface area contributed by atoms with Crippen LogP contribution in [0.25, 0.3) is 10.7 Å². The second-order valence-electron chi connectivity index (χ2n) is 4.68. The Morgan fingerprint density at radius 3 is 2.58 bits per heavy atom. The maximum Gasteiger partial charge on any atom is 0.171 e. The maximum absolute atomic E-state index is 4.70. The van der Waals surface area contributed by atoms with Gasteiger partial charge < -0.3 is 5.32 Å². The highest BCUT2D eigenvalue weighted by Gasteiger charge is 2.15. The molecule has 0 aliphatic heterocycles. The molecule has 2 heterocycles. The van der Waals surface area contributed by atoms with Crippen LogP contribution in [-0.2, 0) is 0 Å². The number of halogens is 1. The van der Waals surface area contributed by atoms with Gasteiger partial charge in [-0.05, 0) is 47.8 Å². The van der Waals surface area contributed by atoms with Gasteiger partial charge in [-0.2, -0.15) is 0 Å². The molecule has 0 spiro atoms. The Labute approximate surface area is 126 Å². The van der Waals surface area contributed by atoms with Crippen LogP contribution < -0.4 is 5.32 Å². The normalized spacial score (nSPS) is 11.1. The Hall–Kier alpha value is -0.940. The third-order valence-corrected chi connectivity index (χ3v) is 4.47. The van der Waals surface area contributed by atoms with Crippen molar-refractivity contribution in [3.8, 4) is 10.7 Å². The Morgan fingerprint density at radius 2 is 2.05 bits per heavy atom. The number of nitrogens with one attached hydrogen (secondary N) is 1. The van der Waals surface area contributed by atoms with Crippen LogP contribution in [0.3, 0.4) is 0 Å². The van der Waals surface area contributed by atoms with Crippen molar-refractivity contribution in [3.05, 3.63) is 27.2 Å². The predicted octanol–water partition coefficient (Wildman–Crippen LogP) is 4.83. The van der Waals surface area contributed by atoms with Crippen LogP contribution in [0.15, 0.2) is 15.9 Å². The molecule has 0 atom stereocenters. The van der Waals surface area contributed by atoms with Crippen LogP contribution >= 0.6 is 27.3 Å². The minimum Gasteiger partial charge on any atom is -0.370 e. The molecule has 19 heavy (non-hydrogen) atoms. The van der Waals surface area contributed by atoms with Gasteiger partial charge in [-0.15, -0.1) is 11.3 Å². The molecule has 3 nitrogen and oxygen atoms in total. The Bertz CT molecular complexity index is 578. The summed E-state index contributed by atoms with van der Waals surface area (Å²) in [5.74, 6) is 2.18. The molecule has 0 saturated carbocycles. The second kappa shape index (κ2) is 6.01. The van der Waals surface area contributed by atoms with Gasteiger partial charge in [0.05, 0.1) is 8.66 Å². The Morgan fingerprint density at radius 1 is 1.32 bits per heavy atom. The van der Waals surface area contributed by atoms with Crippen LogP contribution in [0.5, 0.6) is 0 Å². The average molecular weight is 340 g/mol. The third kappa shape index (κ3) is 3.15. The lowest BCUT2D eigenvalue weighted by molar-refractivity contribution is 0.831. The van der Waals surface area contributed by atoms with Crippen molar-refractivity contribution in [2.75, 3.05) is 11.9 Å². The smallest absolute Gasteiger partial charge is 0.171 e. The molecule has 0 amide bonds. The summed E-state index contributed by atoms with van der Waals surface area (Å²) < 4.78 is 1.10. The highest BCUT2D eigenvalue weighted by molar-refractivity contribution is 9.11. The van der Waals surface area contributed by atoms with Gasteiger partial charge in [0.15, 0.2) is 5.82 Å². The van der Waals surface area contributed by atoms with Gasteiger partial charge >= 0.3 is 0 Å². The van der Waals surface area contributed by atoms with Crippen molar-refractivity contribution >= 4 is 33.1 Å². The van der Waals surface area contributed by atoms with E-state index in [1.807, 2.05) is 12.1 Å². The highest BCUT2D eigenvalue weighted by atomic mass is 79.9. The van der Waals surface area contributed by atoms with E-state index in [0.29, 0.717) is 5.92 Å². The molecule has 0 aliphatic rings. The van der Waals surface area contributed by atoms with Gasteiger partial charge in [0.2, 0.25) is 0 Å². The van der Waals surface area contributed by atoms with Crippen molar-refractivity contribution in [2.45, 2.75) is 33.6 Å². The van der Waals surface area contributed by atoms with Crippen molar-refractivity contribution in [1.29, 1.82) is 0 Å². The van der Waals surface area contributed by atoms with E-state index in [-0.39, 0.29) is 0 Å². The third-order valence-electron chi connectivity index (χ3n) is 2.85. The summed E-state index contributed by atoms with van der Waals surface area (Å²) in [5.41, 5.74) is 2.27. The van der Waals surface area contributed by atoms with Crippen LogP contribution in [0, 0.1) is 6.92 Å². The molecular weight excluding hydrogens is 322 g/mol. The van der Waals surface area contributed by atoms with Crippen molar-refractivity contribution in [2.24, 2.45) is 0 Å². The van der Waals surface area contributed by atoms with Crippen LogP contribution in [0.1, 0.15) is 37.9 Å². The molecule has 0 aromatic carbocycles. The van der Waals surface area contributed by atoms with Gasteiger partial charge in [-0.25, -0.2) is 9.97 Å². The summed E-state index contributed by atoms with van der Waals surface area (Å²) in [5, 5.41) is 3.36. The first-order valence-electron chi connectivity index (χ1n) is 6.41. The van der Waals surface area contributed by atoms with Gasteiger partial charge in [-0.3, -0.25) is 0 Å². The van der Waals surface area contributed by atoms with E-state index in [0.717, 1.165) is 32.5 Å². The first-order valence-corrected chi connectivity index (χ1v) is 8.02. The van der Waals surface area contributed by atoms with E-state index in [4.69, 9.17) is 4.98 Å². The summed E-state index contributed by atoms with van der Waals surface area (Å²) in [6.07, 6.45) is 0. The number of hydrogen-bond donors (Lipinski definition) is 1. The van der Waals surface area contributed by atoms with E-state index in [2.05, 4.69) is 53.9 Å². The number of hydrogen-bond acceptors (Lipinski definition) is 4. The summed E-state index contributed by atoms with van der Waals surface area (Å²) in [6.45, 7) is 9.36. The lowest BCUT2D eigenvalue weighted by atomic mass is 10.0. The minimum absolute atomic E-state index is 0.415. The highest BCUT2D eigenvalue weighted by Crippen LogP contribution is 2.32. The lowest BCUT2D eigenvalue weighted by Gasteiger charge is -2.16. The van der Waals surface area contributed by atoms with E-state index >= 15 is 0 Å². The SMILES string of the molecule is CCNc1nc(-c2ccc(Br)s2)nc(C)c1C(C)C. The molecule has 2 aromatic rings. The molecule has 102 valence electrons. The van der Waals surface area contributed by atoms with E-state index in [9.17, 15) is 0 Å². The number of aryl methyl sites for hydroxylation is 1. The van der Waals surface area contributed by atoms with E-state index < -0.39 is 0 Å². The largest absolute Gasteiger partial charge is 0.370 e. The summed E-state index contributed by atoms with van der Waals surface area (Å²) in [7, 11) is 0. The zero-order chi connectivity index (χ0) is 14.0. The molecule has 2 rings (SSSR count). The monoisotopic (exact) mass is 339 g/mol. The first-order chi connectivity index (χ1) is 9.02. The number of anilines is 1. The topological polar surface area (TPSA) is 37.8 Å². The van der Waals surface area contributed by atoms with Crippen molar-refractivity contribution in [1.82, 2.24) is 9.97 Å².